The van der Waals surface area contributed by atoms with E-state index in [9.17, 15) is 8.78 Å². The van der Waals surface area contributed by atoms with E-state index >= 15 is 0 Å². The number of hydrogen-bond acceptors (Lipinski definition) is 1. The fourth-order valence-electron chi connectivity index (χ4n) is 1.32. The number of benzene rings is 1. The quantitative estimate of drug-likeness (QED) is 0.850. The van der Waals surface area contributed by atoms with Crippen molar-refractivity contribution in [3.05, 3.63) is 34.9 Å². The number of alkyl halides is 2. The second-order valence-electron chi connectivity index (χ2n) is 3.93. The monoisotopic (exact) mass is 233 g/mol. The van der Waals surface area contributed by atoms with Crippen molar-refractivity contribution in [2.45, 2.75) is 19.8 Å². The zero-order valence-electron chi connectivity index (χ0n) is 8.51. The van der Waals surface area contributed by atoms with Crippen molar-refractivity contribution in [1.29, 1.82) is 0 Å². The van der Waals surface area contributed by atoms with E-state index in [2.05, 4.69) is 0 Å². The molecule has 0 aliphatic rings. The van der Waals surface area contributed by atoms with Crippen LogP contribution in [0.2, 0.25) is 5.02 Å². The number of halogens is 3. The van der Waals surface area contributed by atoms with Gasteiger partial charge in [-0.1, -0.05) is 36.7 Å². The number of nitrogens with two attached hydrogens (primary N) is 1. The maximum atomic E-state index is 12.8. The molecule has 1 rings (SSSR count). The lowest BCUT2D eigenvalue weighted by Crippen LogP contribution is -2.36. The first-order chi connectivity index (χ1) is 6.99. The van der Waals surface area contributed by atoms with Gasteiger partial charge in [-0.25, -0.2) is 8.78 Å². The molecule has 1 atom stereocenters. The van der Waals surface area contributed by atoms with Gasteiger partial charge in [0.05, 0.1) is 0 Å². The molecule has 0 heterocycles. The molecule has 0 amide bonds. The van der Waals surface area contributed by atoms with Gasteiger partial charge in [0.2, 0.25) is 6.43 Å². The van der Waals surface area contributed by atoms with Crippen molar-refractivity contribution >= 4 is 11.6 Å². The molecular formula is C11H14ClF2N. The molecule has 0 radical (unpaired) electrons. The molecule has 0 bridgehead atoms. The average molecular weight is 234 g/mol. The maximum Gasteiger partial charge on any atom is 0.245 e. The van der Waals surface area contributed by atoms with Gasteiger partial charge in [-0.3, -0.25) is 0 Å². The first-order valence-corrected chi connectivity index (χ1v) is 5.09. The van der Waals surface area contributed by atoms with E-state index in [1.807, 2.05) is 0 Å². The van der Waals surface area contributed by atoms with Gasteiger partial charge in [0.1, 0.15) is 0 Å². The van der Waals surface area contributed by atoms with Crippen LogP contribution in [-0.4, -0.2) is 13.0 Å². The molecule has 2 N–H and O–H groups in total. The fraction of sp³-hybridized carbons (Fsp3) is 0.455. The lowest BCUT2D eigenvalue weighted by molar-refractivity contribution is 0.0133. The van der Waals surface area contributed by atoms with Gasteiger partial charge >= 0.3 is 0 Å². The molecular weight excluding hydrogens is 220 g/mol. The Labute approximate surface area is 93.2 Å². The van der Waals surface area contributed by atoms with E-state index in [0.29, 0.717) is 10.6 Å². The Bertz CT molecular complexity index is 330. The van der Waals surface area contributed by atoms with Crippen LogP contribution in [-0.2, 0) is 6.42 Å². The minimum absolute atomic E-state index is 0.0596. The summed E-state index contributed by atoms with van der Waals surface area (Å²) in [4.78, 5) is 0. The Hall–Kier alpha value is -0.670. The van der Waals surface area contributed by atoms with E-state index in [4.69, 9.17) is 17.3 Å². The Morgan fingerprint density at radius 2 is 2.00 bits per heavy atom. The smallest absolute Gasteiger partial charge is 0.245 e. The second kappa shape index (κ2) is 4.90. The molecule has 1 aromatic rings. The third-order valence-corrected chi connectivity index (χ3v) is 2.91. The second-order valence-corrected chi connectivity index (χ2v) is 4.33. The summed E-state index contributed by atoms with van der Waals surface area (Å²) < 4.78 is 25.6. The van der Waals surface area contributed by atoms with Crippen LogP contribution < -0.4 is 5.73 Å². The first-order valence-electron chi connectivity index (χ1n) is 4.71. The van der Waals surface area contributed by atoms with Crippen LogP contribution >= 0.6 is 11.6 Å². The third kappa shape index (κ3) is 2.89. The van der Waals surface area contributed by atoms with Crippen LogP contribution in [0.25, 0.3) is 0 Å². The Morgan fingerprint density at radius 3 is 2.47 bits per heavy atom. The van der Waals surface area contributed by atoms with Crippen LogP contribution in [0, 0.1) is 5.41 Å². The maximum absolute atomic E-state index is 12.8. The normalized spacial score (nSPS) is 15.3. The SMILES string of the molecule is CC(CN)(Cc1ccccc1Cl)C(F)F. The van der Waals surface area contributed by atoms with Crippen LogP contribution in [0.15, 0.2) is 24.3 Å². The molecule has 0 saturated heterocycles. The molecule has 0 fully saturated rings. The molecule has 1 unspecified atom stereocenters. The summed E-state index contributed by atoms with van der Waals surface area (Å²) in [5, 5.41) is 0.512. The predicted octanol–water partition coefficient (Wildman–Crippen LogP) is 3.11. The van der Waals surface area contributed by atoms with E-state index in [0.717, 1.165) is 0 Å². The predicted molar refractivity (Wildman–Crippen MR) is 58.3 cm³/mol. The summed E-state index contributed by atoms with van der Waals surface area (Å²) in [6.07, 6.45) is -2.25. The zero-order chi connectivity index (χ0) is 11.5. The van der Waals surface area contributed by atoms with E-state index in [-0.39, 0.29) is 13.0 Å². The molecule has 84 valence electrons. The topological polar surface area (TPSA) is 26.0 Å². The first kappa shape index (κ1) is 12.4. The van der Waals surface area contributed by atoms with Crippen molar-refractivity contribution in [3.8, 4) is 0 Å². The molecule has 1 nitrogen and oxygen atoms in total. The fourth-order valence-corrected chi connectivity index (χ4v) is 1.52. The van der Waals surface area contributed by atoms with E-state index in [1.54, 1.807) is 24.3 Å². The average Bonchev–Trinajstić information content (AvgIpc) is 2.21. The van der Waals surface area contributed by atoms with E-state index < -0.39 is 11.8 Å². The molecule has 4 heteroatoms. The summed E-state index contributed by atoms with van der Waals surface area (Å²) in [6.45, 7) is 1.41. The van der Waals surface area contributed by atoms with Crippen molar-refractivity contribution in [2.75, 3.05) is 6.54 Å². The molecule has 0 aliphatic carbocycles. The molecule has 0 aromatic heterocycles. The minimum atomic E-state index is -2.45. The number of hydrogen-bond donors (Lipinski definition) is 1. The highest BCUT2D eigenvalue weighted by molar-refractivity contribution is 6.31. The van der Waals surface area contributed by atoms with Crippen LogP contribution in [0.1, 0.15) is 12.5 Å². The highest BCUT2D eigenvalue weighted by Gasteiger charge is 2.34. The van der Waals surface area contributed by atoms with Gasteiger partial charge in [-0.2, -0.15) is 0 Å². The highest BCUT2D eigenvalue weighted by Crippen LogP contribution is 2.31. The van der Waals surface area contributed by atoms with Crippen molar-refractivity contribution < 1.29 is 8.78 Å². The van der Waals surface area contributed by atoms with Crippen molar-refractivity contribution in [2.24, 2.45) is 11.1 Å². The summed E-state index contributed by atoms with van der Waals surface area (Å²) in [7, 11) is 0. The summed E-state index contributed by atoms with van der Waals surface area (Å²) in [5.41, 5.74) is 4.89. The molecule has 1 aromatic carbocycles. The summed E-state index contributed by atoms with van der Waals surface area (Å²) in [5.74, 6) is 0. The molecule has 0 saturated carbocycles. The van der Waals surface area contributed by atoms with Crippen LogP contribution in [0.5, 0.6) is 0 Å². The zero-order valence-corrected chi connectivity index (χ0v) is 9.27. The highest BCUT2D eigenvalue weighted by atomic mass is 35.5. The largest absolute Gasteiger partial charge is 0.330 e. The van der Waals surface area contributed by atoms with Gasteiger partial charge in [0.25, 0.3) is 0 Å². The third-order valence-electron chi connectivity index (χ3n) is 2.55. The summed E-state index contributed by atoms with van der Waals surface area (Å²) in [6, 6.07) is 7.00. The van der Waals surface area contributed by atoms with Crippen LogP contribution in [0.3, 0.4) is 0 Å². The Kier molecular flexibility index (Phi) is 4.05. The Balaban J connectivity index is 2.89. The lowest BCUT2D eigenvalue weighted by atomic mass is 9.84. The van der Waals surface area contributed by atoms with Gasteiger partial charge in [-0.05, 0) is 18.1 Å². The van der Waals surface area contributed by atoms with Gasteiger partial charge in [0.15, 0.2) is 0 Å². The van der Waals surface area contributed by atoms with Gasteiger partial charge in [0, 0.05) is 17.0 Å². The van der Waals surface area contributed by atoms with Gasteiger partial charge < -0.3 is 5.73 Å². The molecule has 0 aliphatic heterocycles. The Morgan fingerprint density at radius 1 is 1.40 bits per heavy atom. The van der Waals surface area contributed by atoms with Crippen LogP contribution in [0.4, 0.5) is 8.78 Å². The van der Waals surface area contributed by atoms with E-state index in [1.165, 1.54) is 6.92 Å². The van der Waals surface area contributed by atoms with Gasteiger partial charge in [-0.15, -0.1) is 0 Å². The molecule has 15 heavy (non-hydrogen) atoms. The minimum Gasteiger partial charge on any atom is -0.330 e. The van der Waals surface area contributed by atoms with Crippen molar-refractivity contribution in [1.82, 2.24) is 0 Å². The lowest BCUT2D eigenvalue weighted by Gasteiger charge is -2.27. The summed E-state index contributed by atoms with van der Waals surface area (Å²) >= 11 is 5.91. The number of rotatable bonds is 4. The van der Waals surface area contributed by atoms with Crippen molar-refractivity contribution in [3.63, 3.8) is 0 Å². The molecule has 0 spiro atoms. The standard InChI is InChI=1S/C11H14ClF2N/c1-11(7-15,10(13)14)6-8-4-2-3-5-9(8)12/h2-5,10H,6-7,15H2,1H3.